The molecule has 4 nitrogen and oxygen atoms in total. The molecule has 1 heterocycles. The van der Waals surface area contributed by atoms with E-state index in [2.05, 4.69) is 25.4 Å². The highest BCUT2D eigenvalue weighted by Gasteiger charge is 2.13. The van der Waals surface area contributed by atoms with Gasteiger partial charge in [0.25, 0.3) is 0 Å². The van der Waals surface area contributed by atoms with Crippen molar-refractivity contribution >= 4 is 23.0 Å². The van der Waals surface area contributed by atoms with Crippen LogP contribution in [0.15, 0.2) is 42.8 Å². The number of anilines is 1. The van der Waals surface area contributed by atoms with Gasteiger partial charge < -0.3 is 15.2 Å². The second kappa shape index (κ2) is 15.5. The van der Waals surface area contributed by atoms with Crippen LogP contribution in [0.4, 0.5) is 5.82 Å². The number of halogens is 1. The Morgan fingerprint density at radius 2 is 1.92 bits per heavy atom. The largest absolute Gasteiger partial charge is 0.493 e. The molecule has 0 fully saturated rings. The number of nitrogen functional groups attached to an aromatic ring is 1. The van der Waals surface area contributed by atoms with Gasteiger partial charge in [-0.1, -0.05) is 57.0 Å². The van der Waals surface area contributed by atoms with Crippen molar-refractivity contribution in [2.75, 3.05) is 26.1 Å². The highest BCUT2D eigenvalue weighted by molar-refractivity contribution is 6.32. The summed E-state index contributed by atoms with van der Waals surface area (Å²) in [6.45, 7) is 11.5. The van der Waals surface area contributed by atoms with E-state index in [1.807, 2.05) is 19.1 Å². The lowest BCUT2D eigenvalue weighted by molar-refractivity contribution is 0.194. The number of ether oxygens (including phenoxy) is 2. The average molecular weight is 381 g/mol. The fourth-order valence-corrected chi connectivity index (χ4v) is 2.22. The molecule has 0 unspecified atom stereocenters. The van der Waals surface area contributed by atoms with Gasteiger partial charge in [0.1, 0.15) is 11.6 Å². The van der Waals surface area contributed by atoms with Gasteiger partial charge in [0.2, 0.25) is 0 Å². The first-order chi connectivity index (χ1) is 12.5. The number of methoxy groups -OCH3 is 1. The van der Waals surface area contributed by atoms with E-state index in [0.717, 1.165) is 36.3 Å². The van der Waals surface area contributed by atoms with Crippen molar-refractivity contribution in [2.45, 2.75) is 46.5 Å². The molecular weight excluding hydrogens is 348 g/mol. The molecule has 0 bridgehead atoms. The number of allylic oxidation sites excluding steroid dienone is 4. The van der Waals surface area contributed by atoms with Crippen LogP contribution in [0.3, 0.4) is 0 Å². The van der Waals surface area contributed by atoms with Crippen LogP contribution in [0.1, 0.15) is 52.0 Å². The van der Waals surface area contributed by atoms with E-state index >= 15 is 0 Å². The second-order valence-corrected chi connectivity index (χ2v) is 6.01. The van der Waals surface area contributed by atoms with Gasteiger partial charge in [0.15, 0.2) is 0 Å². The van der Waals surface area contributed by atoms with Crippen molar-refractivity contribution < 1.29 is 9.47 Å². The predicted octanol–water partition coefficient (Wildman–Crippen LogP) is 6.04. The molecule has 1 aromatic heterocycles. The topological polar surface area (TPSA) is 57.4 Å². The van der Waals surface area contributed by atoms with Crippen molar-refractivity contribution in [1.29, 1.82) is 0 Å². The number of nitrogens with zero attached hydrogens (tertiary/aromatic N) is 1. The summed E-state index contributed by atoms with van der Waals surface area (Å²) in [7, 11) is 1.73. The summed E-state index contributed by atoms with van der Waals surface area (Å²) in [5.41, 5.74) is 7.40. The molecule has 0 aliphatic carbocycles. The van der Waals surface area contributed by atoms with Crippen LogP contribution in [0.25, 0.3) is 5.57 Å². The molecule has 0 aliphatic heterocycles. The second-order valence-electron chi connectivity index (χ2n) is 5.61. The first kappa shape index (κ1) is 24.2. The number of hydrogen-bond acceptors (Lipinski definition) is 4. The zero-order valence-electron chi connectivity index (χ0n) is 16.6. The Balaban J connectivity index is 0.000000896. The first-order valence-electron chi connectivity index (χ1n) is 9.08. The Kier molecular flexibility index (Phi) is 14.4. The summed E-state index contributed by atoms with van der Waals surface area (Å²) < 4.78 is 10.6. The SMILES string of the molecule is C=C/C=C(\C(=C/C)OCCCC)c1cc(N)ncc1Cl.CCCCOC. The van der Waals surface area contributed by atoms with Crippen LogP contribution in [0, 0.1) is 0 Å². The molecule has 0 amide bonds. The summed E-state index contributed by atoms with van der Waals surface area (Å²) in [5, 5.41) is 0.533. The van der Waals surface area contributed by atoms with E-state index in [-0.39, 0.29) is 0 Å². The van der Waals surface area contributed by atoms with Crippen LogP contribution in [-0.2, 0) is 9.47 Å². The quantitative estimate of drug-likeness (QED) is 0.305. The van der Waals surface area contributed by atoms with Crippen molar-refractivity contribution in [3.63, 3.8) is 0 Å². The normalized spacial score (nSPS) is 11.6. The summed E-state index contributed by atoms with van der Waals surface area (Å²) in [5.74, 6) is 1.19. The summed E-state index contributed by atoms with van der Waals surface area (Å²) in [6.07, 6.45) is 11.5. The van der Waals surface area contributed by atoms with Gasteiger partial charge in [-0.3, -0.25) is 0 Å². The van der Waals surface area contributed by atoms with E-state index in [1.165, 1.54) is 12.8 Å². The summed E-state index contributed by atoms with van der Waals surface area (Å²) in [6, 6.07) is 1.74. The molecule has 0 atom stereocenters. The smallest absolute Gasteiger partial charge is 0.124 e. The summed E-state index contributed by atoms with van der Waals surface area (Å²) >= 11 is 6.21. The maximum Gasteiger partial charge on any atom is 0.124 e. The van der Waals surface area contributed by atoms with Gasteiger partial charge in [-0.25, -0.2) is 4.98 Å². The molecule has 146 valence electrons. The lowest BCUT2D eigenvalue weighted by Crippen LogP contribution is -2.00. The van der Waals surface area contributed by atoms with Gasteiger partial charge >= 0.3 is 0 Å². The van der Waals surface area contributed by atoms with Crippen LogP contribution < -0.4 is 5.73 Å². The van der Waals surface area contributed by atoms with Gasteiger partial charge in [-0.2, -0.15) is 0 Å². The number of aromatic nitrogens is 1. The third kappa shape index (κ3) is 9.64. The number of rotatable bonds is 10. The van der Waals surface area contributed by atoms with Crippen LogP contribution in [0.5, 0.6) is 0 Å². The van der Waals surface area contributed by atoms with Crippen molar-refractivity contribution in [2.24, 2.45) is 0 Å². The molecule has 0 aromatic carbocycles. The fraction of sp³-hybridized carbons (Fsp3) is 0.476. The Morgan fingerprint density at radius 3 is 2.42 bits per heavy atom. The molecule has 0 radical (unpaired) electrons. The number of hydrogen-bond donors (Lipinski definition) is 1. The minimum atomic E-state index is 0.420. The monoisotopic (exact) mass is 380 g/mol. The molecule has 0 spiro atoms. The van der Waals surface area contributed by atoms with E-state index in [4.69, 9.17) is 26.8 Å². The number of unbranched alkanes of at least 4 members (excludes halogenated alkanes) is 2. The first-order valence-corrected chi connectivity index (χ1v) is 9.45. The fourth-order valence-electron chi connectivity index (χ4n) is 2.02. The standard InChI is InChI=1S/C16H21ClN2O.C5H12O/c1-4-7-9-20-15(6-3)12(8-5-2)13-10-16(18)19-11-14(13)17;1-3-4-5-6-2/h5-6,8,10-11H,2,4,7,9H2,1,3H3,(H2,18,19);3-5H2,1-2H3/b12-8-,15-6+;. The lowest BCUT2D eigenvalue weighted by Gasteiger charge is -2.15. The molecule has 0 saturated heterocycles. The van der Waals surface area contributed by atoms with Gasteiger partial charge in [0, 0.05) is 31.1 Å². The summed E-state index contributed by atoms with van der Waals surface area (Å²) in [4.78, 5) is 3.97. The minimum Gasteiger partial charge on any atom is -0.493 e. The van der Waals surface area contributed by atoms with Crippen molar-refractivity contribution in [1.82, 2.24) is 4.98 Å². The Bertz CT molecular complexity index is 579. The maximum atomic E-state index is 6.21. The van der Waals surface area contributed by atoms with Gasteiger partial charge in [-0.05, 0) is 31.9 Å². The molecule has 1 aromatic rings. The molecule has 0 aliphatic rings. The lowest BCUT2D eigenvalue weighted by atomic mass is 10.0. The Labute approximate surface area is 163 Å². The molecule has 5 heteroatoms. The van der Waals surface area contributed by atoms with Crippen LogP contribution in [-0.4, -0.2) is 25.3 Å². The minimum absolute atomic E-state index is 0.420. The molecule has 2 N–H and O–H groups in total. The third-order valence-corrected chi connectivity index (χ3v) is 3.74. The van der Waals surface area contributed by atoms with Gasteiger partial charge in [-0.15, -0.1) is 0 Å². The highest BCUT2D eigenvalue weighted by atomic mass is 35.5. The van der Waals surface area contributed by atoms with Gasteiger partial charge in [0.05, 0.1) is 11.6 Å². The highest BCUT2D eigenvalue weighted by Crippen LogP contribution is 2.30. The predicted molar refractivity (Wildman–Crippen MR) is 113 cm³/mol. The number of nitrogens with two attached hydrogens (primary N) is 1. The van der Waals surface area contributed by atoms with Crippen molar-refractivity contribution in [3.8, 4) is 0 Å². The molecular formula is C21H33ClN2O2. The van der Waals surface area contributed by atoms with Crippen LogP contribution >= 0.6 is 11.6 Å². The van der Waals surface area contributed by atoms with E-state index in [9.17, 15) is 0 Å². The zero-order chi connectivity index (χ0) is 19.8. The molecule has 0 saturated carbocycles. The maximum absolute atomic E-state index is 6.21. The molecule has 1 rings (SSSR count). The average Bonchev–Trinajstić information content (AvgIpc) is 2.65. The van der Waals surface area contributed by atoms with E-state index < -0.39 is 0 Å². The zero-order valence-corrected chi connectivity index (χ0v) is 17.3. The van der Waals surface area contributed by atoms with E-state index in [0.29, 0.717) is 17.4 Å². The van der Waals surface area contributed by atoms with Crippen LogP contribution in [0.2, 0.25) is 5.02 Å². The molecule has 26 heavy (non-hydrogen) atoms. The Morgan fingerprint density at radius 1 is 1.27 bits per heavy atom. The van der Waals surface area contributed by atoms with E-state index in [1.54, 1.807) is 25.4 Å². The van der Waals surface area contributed by atoms with Crippen molar-refractivity contribution in [3.05, 3.63) is 53.4 Å². The Hall–Kier alpha value is -1.78. The third-order valence-electron chi connectivity index (χ3n) is 3.44. The number of pyridine rings is 1.